The molecule has 0 bridgehead atoms. The van der Waals surface area contributed by atoms with Gasteiger partial charge in [-0.2, -0.15) is 0 Å². The lowest BCUT2D eigenvalue weighted by molar-refractivity contribution is 0.0910. The molecule has 5 heteroatoms. The standard InChI is InChI=1S/C14H18N2O3/c1-8-6-12(10(3)18-8)9(2)16-14(17)13-5-4-11(7-15)19-13/h4-6,9H,7,15H2,1-3H3,(H,16,17). The van der Waals surface area contributed by atoms with Crippen molar-refractivity contribution in [2.24, 2.45) is 5.73 Å². The second kappa shape index (κ2) is 5.32. The Morgan fingerprint density at radius 2 is 2.11 bits per heavy atom. The van der Waals surface area contributed by atoms with Gasteiger partial charge in [0.25, 0.3) is 5.91 Å². The van der Waals surface area contributed by atoms with Gasteiger partial charge in [0.2, 0.25) is 0 Å². The van der Waals surface area contributed by atoms with E-state index in [0.29, 0.717) is 5.76 Å². The van der Waals surface area contributed by atoms with Crippen LogP contribution in [0.2, 0.25) is 0 Å². The third kappa shape index (κ3) is 2.88. The molecule has 0 aliphatic heterocycles. The summed E-state index contributed by atoms with van der Waals surface area (Å²) in [5.74, 6) is 2.24. The fourth-order valence-electron chi connectivity index (χ4n) is 2.04. The first-order valence-corrected chi connectivity index (χ1v) is 6.18. The summed E-state index contributed by atoms with van der Waals surface area (Å²) in [4.78, 5) is 12.0. The maximum Gasteiger partial charge on any atom is 0.287 e. The number of amides is 1. The number of rotatable bonds is 4. The molecule has 0 saturated carbocycles. The second-order valence-electron chi connectivity index (χ2n) is 4.53. The van der Waals surface area contributed by atoms with Crippen molar-refractivity contribution in [3.8, 4) is 0 Å². The topological polar surface area (TPSA) is 81.4 Å². The zero-order valence-electron chi connectivity index (χ0n) is 11.3. The average molecular weight is 262 g/mol. The van der Waals surface area contributed by atoms with E-state index < -0.39 is 0 Å². The summed E-state index contributed by atoms with van der Waals surface area (Å²) >= 11 is 0. The molecule has 0 aliphatic rings. The van der Waals surface area contributed by atoms with Crippen molar-refractivity contribution in [3.63, 3.8) is 0 Å². The number of nitrogens with one attached hydrogen (secondary N) is 1. The van der Waals surface area contributed by atoms with Crippen LogP contribution in [0.4, 0.5) is 0 Å². The molecule has 2 heterocycles. The van der Waals surface area contributed by atoms with Gasteiger partial charge in [0, 0.05) is 5.56 Å². The van der Waals surface area contributed by atoms with Gasteiger partial charge >= 0.3 is 0 Å². The first-order chi connectivity index (χ1) is 9.01. The van der Waals surface area contributed by atoms with Crippen LogP contribution in [0.15, 0.2) is 27.0 Å². The molecule has 1 unspecified atom stereocenters. The first kappa shape index (κ1) is 13.4. The highest BCUT2D eigenvalue weighted by Crippen LogP contribution is 2.21. The van der Waals surface area contributed by atoms with Crippen molar-refractivity contribution in [1.29, 1.82) is 0 Å². The predicted molar refractivity (Wildman–Crippen MR) is 70.7 cm³/mol. The van der Waals surface area contributed by atoms with Gasteiger partial charge in [-0.3, -0.25) is 4.79 Å². The van der Waals surface area contributed by atoms with E-state index in [9.17, 15) is 4.79 Å². The summed E-state index contributed by atoms with van der Waals surface area (Å²) in [6.45, 7) is 5.94. The molecule has 102 valence electrons. The molecule has 0 spiro atoms. The lowest BCUT2D eigenvalue weighted by Gasteiger charge is -2.11. The van der Waals surface area contributed by atoms with Crippen LogP contribution >= 0.6 is 0 Å². The zero-order chi connectivity index (χ0) is 14.0. The molecule has 1 amide bonds. The molecular formula is C14H18N2O3. The molecule has 2 rings (SSSR count). The van der Waals surface area contributed by atoms with Crippen molar-refractivity contribution in [3.05, 3.63) is 46.8 Å². The molecule has 5 nitrogen and oxygen atoms in total. The molecule has 3 N–H and O–H groups in total. The Bertz CT molecular complexity index is 583. The van der Waals surface area contributed by atoms with E-state index in [4.69, 9.17) is 14.6 Å². The molecule has 2 aromatic rings. The van der Waals surface area contributed by atoms with Crippen molar-refractivity contribution >= 4 is 5.91 Å². The lowest BCUT2D eigenvalue weighted by Crippen LogP contribution is -2.26. The monoisotopic (exact) mass is 262 g/mol. The molecule has 0 radical (unpaired) electrons. The van der Waals surface area contributed by atoms with Gasteiger partial charge in [-0.15, -0.1) is 0 Å². The summed E-state index contributed by atoms with van der Waals surface area (Å²) < 4.78 is 10.8. The molecule has 1 atom stereocenters. The summed E-state index contributed by atoms with van der Waals surface area (Å²) in [6.07, 6.45) is 0. The summed E-state index contributed by atoms with van der Waals surface area (Å²) in [6, 6.07) is 5.11. The SMILES string of the molecule is Cc1cc(C(C)NC(=O)c2ccc(CN)o2)c(C)o1. The van der Waals surface area contributed by atoms with E-state index in [1.807, 2.05) is 26.8 Å². The number of aryl methyl sites for hydroxylation is 2. The van der Waals surface area contributed by atoms with Crippen LogP contribution in [0.1, 0.15) is 46.4 Å². The fourth-order valence-corrected chi connectivity index (χ4v) is 2.04. The molecule has 0 saturated heterocycles. The van der Waals surface area contributed by atoms with E-state index in [1.165, 1.54) is 0 Å². The number of hydrogen-bond acceptors (Lipinski definition) is 4. The first-order valence-electron chi connectivity index (χ1n) is 6.18. The highest BCUT2D eigenvalue weighted by molar-refractivity contribution is 5.91. The normalized spacial score (nSPS) is 12.4. The highest BCUT2D eigenvalue weighted by Gasteiger charge is 2.17. The second-order valence-corrected chi connectivity index (χ2v) is 4.53. The number of nitrogens with two attached hydrogens (primary N) is 1. The minimum absolute atomic E-state index is 0.142. The van der Waals surface area contributed by atoms with E-state index in [0.717, 1.165) is 17.1 Å². The zero-order valence-corrected chi connectivity index (χ0v) is 11.3. The van der Waals surface area contributed by atoms with Gasteiger partial charge in [-0.1, -0.05) is 0 Å². The fraction of sp³-hybridized carbons (Fsp3) is 0.357. The minimum Gasteiger partial charge on any atom is -0.466 e. The molecule has 0 aromatic carbocycles. The van der Waals surface area contributed by atoms with Gasteiger partial charge in [-0.05, 0) is 39.0 Å². The van der Waals surface area contributed by atoms with Crippen molar-refractivity contribution < 1.29 is 13.6 Å². The molecule has 19 heavy (non-hydrogen) atoms. The van der Waals surface area contributed by atoms with Gasteiger partial charge in [0.1, 0.15) is 17.3 Å². The Labute approximate surface area is 111 Å². The van der Waals surface area contributed by atoms with E-state index in [2.05, 4.69) is 5.32 Å². The van der Waals surface area contributed by atoms with Crippen LogP contribution in [0, 0.1) is 13.8 Å². The predicted octanol–water partition coefficient (Wildman–Crippen LogP) is 2.44. The number of hydrogen-bond donors (Lipinski definition) is 2. The summed E-state index contributed by atoms with van der Waals surface area (Å²) in [5, 5.41) is 2.87. The number of carbonyl (C=O) groups is 1. The summed E-state index contributed by atoms with van der Waals surface area (Å²) in [5.41, 5.74) is 6.41. The van der Waals surface area contributed by atoms with Gasteiger partial charge < -0.3 is 19.9 Å². The van der Waals surface area contributed by atoms with Crippen LogP contribution in [-0.4, -0.2) is 5.91 Å². The smallest absolute Gasteiger partial charge is 0.287 e. The molecule has 2 aromatic heterocycles. The minimum atomic E-state index is -0.259. The van der Waals surface area contributed by atoms with E-state index in [-0.39, 0.29) is 24.3 Å². The van der Waals surface area contributed by atoms with Crippen LogP contribution < -0.4 is 11.1 Å². The molecule has 0 aliphatic carbocycles. The van der Waals surface area contributed by atoms with Gasteiger partial charge in [-0.25, -0.2) is 0 Å². The van der Waals surface area contributed by atoms with Crippen LogP contribution in [0.3, 0.4) is 0 Å². The third-order valence-corrected chi connectivity index (χ3v) is 2.98. The van der Waals surface area contributed by atoms with Crippen molar-refractivity contribution in [2.75, 3.05) is 0 Å². The molecule has 0 fully saturated rings. The Balaban J connectivity index is 2.08. The Hall–Kier alpha value is -2.01. The Kier molecular flexibility index (Phi) is 3.76. The lowest BCUT2D eigenvalue weighted by atomic mass is 10.1. The molecular weight excluding hydrogens is 244 g/mol. The maximum atomic E-state index is 12.0. The van der Waals surface area contributed by atoms with Crippen molar-refractivity contribution in [2.45, 2.75) is 33.4 Å². The van der Waals surface area contributed by atoms with Crippen molar-refractivity contribution in [1.82, 2.24) is 5.32 Å². The van der Waals surface area contributed by atoms with Gasteiger partial charge in [0.15, 0.2) is 5.76 Å². The summed E-state index contributed by atoms with van der Waals surface area (Å²) in [7, 11) is 0. The average Bonchev–Trinajstić information content (AvgIpc) is 2.95. The third-order valence-electron chi connectivity index (χ3n) is 2.98. The van der Waals surface area contributed by atoms with Crippen LogP contribution in [0.5, 0.6) is 0 Å². The van der Waals surface area contributed by atoms with Crippen LogP contribution in [-0.2, 0) is 6.54 Å². The van der Waals surface area contributed by atoms with Crippen LogP contribution in [0.25, 0.3) is 0 Å². The maximum absolute atomic E-state index is 12.0. The highest BCUT2D eigenvalue weighted by atomic mass is 16.4. The quantitative estimate of drug-likeness (QED) is 0.886. The van der Waals surface area contributed by atoms with Gasteiger partial charge in [0.05, 0.1) is 12.6 Å². The number of furan rings is 2. The van der Waals surface area contributed by atoms with E-state index in [1.54, 1.807) is 12.1 Å². The van der Waals surface area contributed by atoms with E-state index >= 15 is 0 Å². The largest absolute Gasteiger partial charge is 0.466 e. The Morgan fingerprint density at radius 3 is 2.63 bits per heavy atom. The number of carbonyl (C=O) groups excluding carboxylic acids is 1. The Morgan fingerprint density at radius 1 is 1.37 bits per heavy atom.